The van der Waals surface area contributed by atoms with Crippen molar-refractivity contribution in [2.24, 2.45) is 0 Å². The fraction of sp³-hybridized carbons (Fsp3) is 0.455. The van der Waals surface area contributed by atoms with E-state index >= 15 is 0 Å². The summed E-state index contributed by atoms with van der Waals surface area (Å²) in [6, 6.07) is 3.93. The molecule has 0 amide bonds. The summed E-state index contributed by atoms with van der Waals surface area (Å²) in [4.78, 5) is 0. The van der Waals surface area contributed by atoms with Crippen LogP contribution in [0.15, 0.2) is 12.1 Å². The Morgan fingerprint density at radius 2 is 1.77 bits per heavy atom. The summed E-state index contributed by atoms with van der Waals surface area (Å²) in [5, 5.41) is 9.47. The van der Waals surface area contributed by atoms with E-state index in [-0.39, 0.29) is 0 Å². The first kappa shape index (κ1) is 10.1. The van der Waals surface area contributed by atoms with E-state index in [1.54, 1.807) is 14.0 Å². The van der Waals surface area contributed by atoms with Gasteiger partial charge >= 0.3 is 0 Å². The Bertz CT molecular complexity index is 303. The Labute approximate surface area is 79.2 Å². The Kier molecular flexibility index (Phi) is 2.94. The summed E-state index contributed by atoms with van der Waals surface area (Å²) in [5.74, 6) is 0.762. The Morgan fingerprint density at radius 3 is 2.23 bits per heavy atom. The third-order valence-corrected chi connectivity index (χ3v) is 2.30. The van der Waals surface area contributed by atoms with Crippen molar-refractivity contribution >= 4 is 0 Å². The van der Waals surface area contributed by atoms with Gasteiger partial charge in [-0.15, -0.1) is 0 Å². The molecule has 2 heteroatoms. The number of hydrogen-bond acceptors (Lipinski definition) is 2. The number of aliphatic hydroxyl groups excluding tert-OH is 1. The van der Waals surface area contributed by atoms with Crippen LogP contribution in [0, 0.1) is 13.8 Å². The number of aliphatic hydroxyl groups is 1. The maximum absolute atomic E-state index is 9.47. The van der Waals surface area contributed by atoms with Gasteiger partial charge in [0.1, 0.15) is 5.75 Å². The monoisotopic (exact) mass is 180 g/mol. The van der Waals surface area contributed by atoms with E-state index in [0.717, 1.165) is 11.3 Å². The van der Waals surface area contributed by atoms with E-state index in [1.807, 2.05) is 26.0 Å². The third-order valence-electron chi connectivity index (χ3n) is 2.30. The standard InChI is InChI=1S/C11H16O2/c1-7-5-10(9(3)12)11(13-4)6-8(7)2/h5-6,9,12H,1-4H3/t9-/m1/s1. The van der Waals surface area contributed by atoms with Gasteiger partial charge in [0.05, 0.1) is 13.2 Å². The molecule has 1 aromatic carbocycles. The van der Waals surface area contributed by atoms with Gasteiger partial charge in [-0.05, 0) is 44.0 Å². The fourth-order valence-electron chi connectivity index (χ4n) is 1.32. The highest BCUT2D eigenvalue weighted by molar-refractivity contribution is 5.42. The molecule has 0 radical (unpaired) electrons. The highest BCUT2D eigenvalue weighted by Gasteiger charge is 2.09. The minimum absolute atomic E-state index is 0.478. The topological polar surface area (TPSA) is 29.5 Å². The highest BCUT2D eigenvalue weighted by atomic mass is 16.5. The Hall–Kier alpha value is -1.02. The van der Waals surface area contributed by atoms with Crippen molar-refractivity contribution in [1.29, 1.82) is 0 Å². The molecule has 0 aliphatic carbocycles. The first-order valence-electron chi connectivity index (χ1n) is 4.39. The molecule has 0 spiro atoms. The molecule has 0 aromatic heterocycles. The van der Waals surface area contributed by atoms with E-state index in [0.29, 0.717) is 0 Å². The summed E-state index contributed by atoms with van der Waals surface area (Å²) in [6.07, 6.45) is -0.478. The molecule has 13 heavy (non-hydrogen) atoms. The van der Waals surface area contributed by atoms with Gasteiger partial charge in [-0.1, -0.05) is 0 Å². The Balaban J connectivity index is 3.25. The van der Waals surface area contributed by atoms with Gasteiger partial charge in [-0.2, -0.15) is 0 Å². The number of benzene rings is 1. The first-order valence-corrected chi connectivity index (χ1v) is 4.39. The lowest BCUT2D eigenvalue weighted by molar-refractivity contribution is 0.194. The number of methoxy groups -OCH3 is 1. The molecule has 1 aromatic rings. The molecule has 0 aliphatic rings. The lowest BCUT2D eigenvalue weighted by atomic mass is 10.0. The van der Waals surface area contributed by atoms with Gasteiger partial charge in [0.25, 0.3) is 0 Å². The predicted octanol–water partition coefficient (Wildman–Crippen LogP) is 2.37. The lowest BCUT2D eigenvalue weighted by Crippen LogP contribution is -1.98. The molecule has 0 bridgehead atoms. The molecule has 0 saturated heterocycles. The van der Waals surface area contributed by atoms with Gasteiger partial charge < -0.3 is 9.84 Å². The quantitative estimate of drug-likeness (QED) is 0.757. The van der Waals surface area contributed by atoms with Crippen molar-refractivity contribution in [3.8, 4) is 5.75 Å². The number of aryl methyl sites for hydroxylation is 2. The molecule has 1 rings (SSSR count). The van der Waals surface area contributed by atoms with Gasteiger partial charge in [0, 0.05) is 5.56 Å². The van der Waals surface area contributed by atoms with E-state index in [2.05, 4.69) is 0 Å². The summed E-state index contributed by atoms with van der Waals surface area (Å²) in [7, 11) is 1.62. The van der Waals surface area contributed by atoms with Crippen molar-refractivity contribution < 1.29 is 9.84 Å². The molecular weight excluding hydrogens is 164 g/mol. The average Bonchev–Trinajstić information content (AvgIpc) is 2.08. The maximum atomic E-state index is 9.47. The first-order chi connectivity index (χ1) is 6.06. The molecule has 0 heterocycles. The molecule has 72 valence electrons. The SMILES string of the molecule is COc1cc(C)c(C)cc1[C@@H](C)O. The Morgan fingerprint density at radius 1 is 1.23 bits per heavy atom. The van der Waals surface area contributed by atoms with Crippen LogP contribution in [0.2, 0.25) is 0 Å². The van der Waals surface area contributed by atoms with Crippen molar-refractivity contribution in [1.82, 2.24) is 0 Å². The van der Waals surface area contributed by atoms with Crippen LogP contribution >= 0.6 is 0 Å². The van der Waals surface area contributed by atoms with Gasteiger partial charge in [-0.3, -0.25) is 0 Å². The van der Waals surface area contributed by atoms with Crippen LogP contribution in [0.25, 0.3) is 0 Å². The smallest absolute Gasteiger partial charge is 0.124 e. The van der Waals surface area contributed by atoms with Crippen LogP contribution in [0.1, 0.15) is 29.7 Å². The van der Waals surface area contributed by atoms with Crippen LogP contribution in [0.3, 0.4) is 0 Å². The molecule has 2 nitrogen and oxygen atoms in total. The van der Waals surface area contributed by atoms with E-state index in [9.17, 15) is 5.11 Å². The largest absolute Gasteiger partial charge is 0.496 e. The second kappa shape index (κ2) is 3.79. The summed E-state index contributed by atoms with van der Waals surface area (Å²) >= 11 is 0. The van der Waals surface area contributed by atoms with Gasteiger partial charge in [0.15, 0.2) is 0 Å². The summed E-state index contributed by atoms with van der Waals surface area (Å²) < 4.78 is 5.18. The van der Waals surface area contributed by atoms with Crippen molar-refractivity contribution in [2.75, 3.05) is 7.11 Å². The zero-order valence-electron chi connectivity index (χ0n) is 8.59. The molecular formula is C11H16O2. The zero-order chi connectivity index (χ0) is 10.0. The molecule has 1 N–H and O–H groups in total. The minimum Gasteiger partial charge on any atom is -0.496 e. The number of rotatable bonds is 2. The molecule has 0 aliphatic heterocycles. The van der Waals surface area contributed by atoms with Crippen molar-refractivity contribution in [3.05, 3.63) is 28.8 Å². The highest BCUT2D eigenvalue weighted by Crippen LogP contribution is 2.27. The van der Waals surface area contributed by atoms with Gasteiger partial charge in [-0.25, -0.2) is 0 Å². The van der Waals surface area contributed by atoms with E-state index in [1.165, 1.54) is 11.1 Å². The van der Waals surface area contributed by atoms with Crippen LogP contribution in [-0.4, -0.2) is 12.2 Å². The van der Waals surface area contributed by atoms with Crippen molar-refractivity contribution in [3.63, 3.8) is 0 Å². The average molecular weight is 180 g/mol. The van der Waals surface area contributed by atoms with Gasteiger partial charge in [0.2, 0.25) is 0 Å². The lowest BCUT2D eigenvalue weighted by Gasteiger charge is -2.13. The molecule has 0 fully saturated rings. The molecule has 0 saturated carbocycles. The van der Waals surface area contributed by atoms with Crippen LogP contribution in [0.4, 0.5) is 0 Å². The van der Waals surface area contributed by atoms with Crippen LogP contribution in [0.5, 0.6) is 5.75 Å². The van der Waals surface area contributed by atoms with E-state index < -0.39 is 6.10 Å². The van der Waals surface area contributed by atoms with Crippen molar-refractivity contribution in [2.45, 2.75) is 26.9 Å². The fourth-order valence-corrected chi connectivity index (χ4v) is 1.32. The maximum Gasteiger partial charge on any atom is 0.124 e. The molecule has 0 unspecified atom stereocenters. The number of hydrogen-bond donors (Lipinski definition) is 1. The van der Waals surface area contributed by atoms with Crippen LogP contribution in [-0.2, 0) is 0 Å². The second-order valence-corrected chi connectivity index (χ2v) is 3.35. The number of ether oxygens (including phenoxy) is 1. The third kappa shape index (κ3) is 2.01. The molecule has 1 atom stereocenters. The predicted molar refractivity (Wildman–Crippen MR) is 53.1 cm³/mol. The minimum atomic E-state index is -0.478. The van der Waals surface area contributed by atoms with E-state index in [4.69, 9.17) is 4.74 Å². The normalized spacial score (nSPS) is 12.7. The summed E-state index contributed by atoms with van der Waals surface area (Å²) in [5.41, 5.74) is 3.21. The van der Waals surface area contributed by atoms with Crippen LogP contribution < -0.4 is 4.74 Å². The zero-order valence-corrected chi connectivity index (χ0v) is 8.59. The summed E-state index contributed by atoms with van der Waals surface area (Å²) in [6.45, 7) is 5.80. The second-order valence-electron chi connectivity index (χ2n) is 3.35.